The summed E-state index contributed by atoms with van der Waals surface area (Å²) in [5, 5.41) is 12.4. The van der Waals surface area contributed by atoms with Crippen LogP contribution in [-0.4, -0.2) is 42.8 Å². The van der Waals surface area contributed by atoms with E-state index in [2.05, 4.69) is 25.3 Å². The molecule has 0 fully saturated rings. The molecule has 4 heterocycles. The molecule has 0 saturated carbocycles. The molecule has 8 heteroatoms. The highest BCUT2D eigenvalue weighted by molar-refractivity contribution is 6.07. The zero-order valence-corrected chi connectivity index (χ0v) is 17.4. The van der Waals surface area contributed by atoms with Crippen LogP contribution in [0.3, 0.4) is 0 Å². The van der Waals surface area contributed by atoms with Crippen molar-refractivity contribution in [3.05, 3.63) is 90.3 Å². The van der Waals surface area contributed by atoms with E-state index in [4.69, 9.17) is 4.74 Å². The molecule has 0 aliphatic rings. The first-order chi connectivity index (χ1) is 15.7. The number of aromatic nitrogens is 6. The van der Waals surface area contributed by atoms with Crippen molar-refractivity contribution in [3.8, 4) is 17.0 Å². The van der Waals surface area contributed by atoms with E-state index in [0.717, 1.165) is 33.2 Å². The topological polar surface area (TPSA) is 98.6 Å². The average Bonchev–Trinajstić information content (AvgIpc) is 3.46. The Morgan fingerprint density at radius 3 is 2.75 bits per heavy atom. The normalized spacial score (nSPS) is 11.0. The van der Waals surface area contributed by atoms with E-state index in [-0.39, 0.29) is 12.2 Å². The molecule has 0 radical (unpaired) electrons. The van der Waals surface area contributed by atoms with Crippen LogP contribution in [0, 0.1) is 0 Å². The fraction of sp³-hybridized carbons (Fsp3) is 0.125. The van der Waals surface area contributed by atoms with Crippen LogP contribution in [0.5, 0.6) is 5.88 Å². The van der Waals surface area contributed by atoms with Crippen LogP contribution in [0.1, 0.15) is 21.6 Å². The zero-order valence-electron chi connectivity index (χ0n) is 17.4. The van der Waals surface area contributed by atoms with Crippen LogP contribution in [0.2, 0.25) is 0 Å². The SMILES string of the molecule is COc1ccc(-c2ccc3c(C(=O)Cc4cnn(Cc5cccnc5)c4)n[nH]c3c2)cn1. The number of carbonyl (C=O) groups is 1. The molecule has 0 spiro atoms. The third kappa shape index (κ3) is 3.98. The first-order valence-corrected chi connectivity index (χ1v) is 10.1. The van der Waals surface area contributed by atoms with Crippen LogP contribution < -0.4 is 4.74 Å². The summed E-state index contributed by atoms with van der Waals surface area (Å²) in [6.45, 7) is 0.608. The third-order valence-corrected chi connectivity index (χ3v) is 5.22. The van der Waals surface area contributed by atoms with Gasteiger partial charge in [0.15, 0.2) is 5.78 Å². The Morgan fingerprint density at radius 1 is 1.06 bits per heavy atom. The quantitative estimate of drug-likeness (QED) is 0.400. The minimum atomic E-state index is -0.0592. The van der Waals surface area contributed by atoms with Gasteiger partial charge in [0.25, 0.3) is 0 Å². The predicted molar refractivity (Wildman–Crippen MR) is 119 cm³/mol. The molecule has 5 rings (SSSR count). The number of ether oxygens (including phenoxy) is 1. The number of carbonyl (C=O) groups excluding carboxylic acids is 1. The highest BCUT2D eigenvalue weighted by Gasteiger charge is 2.16. The molecule has 158 valence electrons. The monoisotopic (exact) mass is 424 g/mol. The number of H-pyrrole nitrogens is 1. The van der Waals surface area contributed by atoms with Gasteiger partial charge in [-0.2, -0.15) is 10.2 Å². The second kappa shape index (κ2) is 8.43. The lowest BCUT2D eigenvalue weighted by molar-refractivity contribution is 0.0989. The van der Waals surface area contributed by atoms with Crippen molar-refractivity contribution < 1.29 is 9.53 Å². The van der Waals surface area contributed by atoms with Gasteiger partial charge in [-0.05, 0) is 41.0 Å². The number of methoxy groups -OCH3 is 1. The number of fused-ring (bicyclic) bond motifs is 1. The summed E-state index contributed by atoms with van der Waals surface area (Å²) >= 11 is 0. The van der Waals surface area contributed by atoms with Gasteiger partial charge in [0.05, 0.1) is 25.4 Å². The number of nitrogens with one attached hydrogen (secondary N) is 1. The van der Waals surface area contributed by atoms with Gasteiger partial charge in [0.2, 0.25) is 5.88 Å². The van der Waals surface area contributed by atoms with Gasteiger partial charge >= 0.3 is 0 Å². The molecule has 8 nitrogen and oxygen atoms in total. The fourth-order valence-electron chi connectivity index (χ4n) is 3.62. The number of hydrogen-bond acceptors (Lipinski definition) is 6. The standard InChI is InChI=1S/C24H20N6O2/c1-32-23-7-5-19(13-26-23)18-4-6-20-21(10-18)28-29-24(20)22(31)9-17-12-27-30(15-17)14-16-3-2-8-25-11-16/h2-8,10-13,15H,9,14H2,1H3,(H,28,29). The number of benzene rings is 1. The lowest BCUT2D eigenvalue weighted by atomic mass is 10.0. The van der Waals surface area contributed by atoms with E-state index in [1.807, 2.05) is 48.7 Å². The molecule has 0 atom stereocenters. The molecule has 0 bridgehead atoms. The number of ketones is 1. The molecule has 0 unspecified atom stereocenters. The summed E-state index contributed by atoms with van der Waals surface area (Å²) in [6.07, 6.45) is 9.13. The van der Waals surface area contributed by atoms with Crippen LogP contribution in [0.4, 0.5) is 0 Å². The van der Waals surface area contributed by atoms with E-state index in [1.54, 1.807) is 36.6 Å². The van der Waals surface area contributed by atoms with Crippen molar-refractivity contribution in [1.29, 1.82) is 0 Å². The minimum absolute atomic E-state index is 0.0592. The molecule has 1 N–H and O–H groups in total. The van der Waals surface area contributed by atoms with Crippen LogP contribution in [0.25, 0.3) is 22.0 Å². The molecular weight excluding hydrogens is 404 g/mol. The van der Waals surface area contributed by atoms with Crippen molar-refractivity contribution >= 4 is 16.7 Å². The van der Waals surface area contributed by atoms with E-state index < -0.39 is 0 Å². The van der Waals surface area contributed by atoms with Crippen LogP contribution in [0.15, 0.2) is 73.4 Å². The largest absolute Gasteiger partial charge is 0.481 e. The summed E-state index contributed by atoms with van der Waals surface area (Å²) in [6, 6.07) is 13.5. The van der Waals surface area contributed by atoms with E-state index in [9.17, 15) is 4.79 Å². The highest BCUT2D eigenvalue weighted by atomic mass is 16.5. The number of rotatable bonds is 7. The third-order valence-electron chi connectivity index (χ3n) is 5.22. The zero-order chi connectivity index (χ0) is 21.9. The first kappa shape index (κ1) is 19.6. The van der Waals surface area contributed by atoms with Gasteiger partial charge in [0, 0.05) is 48.2 Å². The summed E-state index contributed by atoms with van der Waals surface area (Å²) in [4.78, 5) is 21.3. The maximum Gasteiger partial charge on any atom is 0.212 e. The molecule has 1 aromatic carbocycles. The lowest BCUT2D eigenvalue weighted by Gasteiger charge is -2.03. The minimum Gasteiger partial charge on any atom is -0.481 e. The van der Waals surface area contributed by atoms with Gasteiger partial charge in [-0.15, -0.1) is 0 Å². The first-order valence-electron chi connectivity index (χ1n) is 10.1. The maximum absolute atomic E-state index is 12.9. The van der Waals surface area contributed by atoms with E-state index in [0.29, 0.717) is 18.1 Å². The predicted octanol–water partition coefficient (Wildman–Crippen LogP) is 3.70. The Morgan fingerprint density at radius 2 is 1.97 bits per heavy atom. The van der Waals surface area contributed by atoms with Crippen molar-refractivity contribution in [2.45, 2.75) is 13.0 Å². The summed E-state index contributed by atoms with van der Waals surface area (Å²) in [7, 11) is 1.59. The molecule has 5 aromatic rings. The Hall–Kier alpha value is -4.33. The number of pyridine rings is 2. The maximum atomic E-state index is 12.9. The number of Topliss-reactive ketones (excluding diaryl/α,β-unsaturated/α-hetero) is 1. The summed E-state index contributed by atoms with van der Waals surface area (Å²) < 4.78 is 6.91. The Kier molecular flexibility index (Phi) is 5.17. The molecule has 0 amide bonds. The molecule has 0 saturated heterocycles. The second-order valence-corrected chi connectivity index (χ2v) is 7.43. The molecular formula is C24H20N6O2. The molecule has 0 aliphatic heterocycles. The van der Waals surface area contributed by atoms with Crippen molar-refractivity contribution in [3.63, 3.8) is 0 Å². The molecule has 32 heavy (non-hydrogen) atoms. The smallest absolute Gasteiger partial charge is 0.212 e. The number of aromatic amines is 1. The van der Waals surface area contributed by atoms with Crippen molar-refractivity contribution in [2.24, 2.45) is 0 Å². The van der Waals surface area contributed by atoms with Gasteiger partial charge < -0.3 is 4.74 Å². The van der Waals surface area contributed by atoms with Gasteiger partial charge in [-0.25, -0.2) is 4.98 Å². The Balaban J connectivity index is 1.33. The van der Waals surface area contributed by atoms with Crippen LogP contribution >= 0.6 is 0 Å². The molecule has 0 aliphatic carbocycles. The average molecular weight is 424 g/mol. The number of hydrogen-bond donors (Lipinski definition) is 1. The highest BCUT2D eigenvalue weighted by Crippen LogP contribution is 2.26. The lowest BCUT2D eigenvalue weighted by Crippen LogP contribution is -2.04. The summed E-state index contributed by atoms with van der Waals surface area (Å²) in [5.74, 6) is 0.504. The van der Waals surface area contributed by atoms with E-state index >= 15 is 0 Å². The second-order valence-electron chi connectivity index (χ2n) is 7.43. The Labute approximate surface area is 183 Å². The fourth-order valence-corrected chi connectivity index (χ4v) is 3.62. The van der Waals surface area contributed by atoms with Gasteiger partial charge in [-0.1, -0.05) is 12.1 Å². The number of nitrogens with zero attached hydrogens (tertiary/aromatic N) is 5. The van der Waals surface area contributed by atoms with Crippen LogP contribution in [-0.2, 0) is 13.0 Å². The van der Waals surface area contributed by atoms with Crippen molar-refractivity contribution in [1.82, 2.24) is 29.9 Å². The van der Waals surface area contributed by atoms with Crippen molar-refractivity contribution in [2.75, 3.05) is 7.11 Å². The molecule has 4 aromatic heterocycles. The summed E-state index contributed by atoms with van der Waals surface area (Å²) in [5.41, 5.74) is 5.06. The Bertz CT molecular complexity index is 1370. The van der Waals surface area contributed by atoms with E-state index in [1.165, 1.54) is 0 Å². The van der Waals surface area contributed by atoms with Gasteiger partial charge in [-0.3, -0.25) is 19.6 Å². The van der Waals surface area contributed by atoms with Gasteiger partial charge in [0.1, 0.15) is 5.69 Å².